The van der Waals surface area contributed by atoms with Gasteiger partial charge in [-0.1, -0.05) is 72.4 Å². The summed E-state index contributed by atoms with van der Waals surface area (Å²) in [4.78, 5) is 0.837. The van der Waals surface area contributed by atoms with Gasteiger partial charge in [-0.25, -0.2) is 0 Å². The molecule has 0 saturated heterocycles. The molecule has 0 fully saturated rings. The average Bonchev–Trinajstić information content (AvgIpc) is 2.58. The SMILES string of the molecule is CCCCc1cc(/C=C/C(c2cc(Cl)c(Cl)c(Cl)c2)C(F)(F)F)ccc1S. The second kappa shape index (κ2) is 9.60. The van der Waals surface area contributed by atoms with E-state index in [2.05, 4.69) is 19.6 Å². The Morgan fingerprint density at radius 2 is 1.70 bits per heavy atom. The van der Waals surface area contributed by atoms with Crippen molar-refractivity contribution in [3.63, 3.8) is 0 Å². The van der Waals surface area contributed by atoms with Crippen LogP contribution in [-0.2, 0) is 6.42 Å². The summed E-state index contributed by atoms with van der Waals surface area (Å²) < 4.78 is 40.8. The number of halogens is 6. The van der Waals surface area contributed by atoms with Gasteiger partial charge in [0.2, 0.25) is 0 Å². The number of rotatable bonds is 6. The minimum Gasteiger partial charge on any atom is -0.170 e. The van der Waals surface area contributed by atoms with E-state index in [4.69, 9.17) is 34.8 Å². The summed E-state index contributed by atoms with van der Waals surface area (Å²) in [6.07, 6.45) is 0.924. The van der Waals surface area contributed by atoms with Crippen LogP contribution in [0.5, 0.6) is 0 Å². The van der Waals surface area contributed by atoms with Crippen molar-refractivity contribution in [3.05, 3.63) is 68.2 Å². The Morgan fingerprint density at radius 1 is 1.07 bits per heavy atom. The molecule has 0 heterocycles. The highest BCUT2D eigenvalue weighted by Crippen LogP contribution is 2.41. The largest absolute Gasteiger partial charge is 0.399 e. The predicted octanol–water partition coefficient (Wildman–Crippen LogP) is 8.64. The fraction of sp³-hybridized carbons (Fsp3) is 0.300. The smallest absolute Gasteiger partial charge is 0.170 e. The van der Waals surface area contributed by atoms with Gasteiger partial charge in [0.1, 0.15) is 0 Å². The summed E-state index contributed by atoms with van der Waals surface area (Å²) >= 11 is 22.1. The molecule has 0 bridgehead atoms. The maximum atomic E-state index is 13.6. The Bertz CT molecular complexity index is 809. The quantitative estimate of drug-likeness (QED) is 0.328. The molecular weight excluding hydrogens is 436 g/mol. The summed E-state index contributed by atoms with van der Waals surface area (Å²) in [5.74, 6) is -1.85. The molecule has 0 saturated carbocycles. The molecule has 0 nitrogen and oxygen atoms in total. The summed E-state index contributed by atoms with van der Waals surface area (Å²) in [5, 5.41) is 0.0168. The molecule has 2 rings (SSSR count). The van der Waals surface area contributed by atoms with Gasteiger partial charge in [0.05, 0.1) is 21.0 Å². The Kier molecular flexibility index (Phi) is 7.99. The van der Waals surface area contributed by atoms with Crippen LogP contribution in [0.3, 0.4) is 0 Å². The van der Waals surface area contributed by atoms with Crippen molar-refractivity contribution in [2.75, 3.05) is 0 Å². The number of hydrogen-bond donors (Lipinski definition) is 1. The number of allylic oxidation sites excluding steroid dienone is 1. The lowest BCUT2D eigenvalue weighted by atomic mass is 9.96. The monoisotopic (exact) mass is 452 g/mol. The highest BCUT2D eigenvalue weighted by molar-refractivity contribution is 7.80. The normalized spacial score (nSPS) is 13.3. The number of benzene rings is 2. The van der Waals surface area contributed by atoms with E-state index in [0.29, 0.717) is 5.56 Å². The first-order valence-corrected chi connectivity index (χ1v) is 9.92. The van der Waals surface area contributed by atoms with E-state index in [0.717, 1.165) is 35.8 Å². The zero-order valence-electron chi connectivity index (χ0n) is 14.5. The third kappa shape index (κ3) is 6.08. The molecule has 0 amide bonds. The minimum absolute atomic E-state index is 0.0110. The minimum atomic E-state index is -4.49. The van der Waals surface area contributed by atoms with Crippen LogP contribution in [-0.4, -0.2) is 6.18 Å². The second-order valence-corrected chi connectivity index (χ2v) is 7.84. The first-order chi connectivity index (χ1) is 12.6. The van der Waals surface area contributed by atoms with E-state index in [9.17, 15) is 13.2 Å². The zero-order chi connectivity index (χ0) is 20.2. The van der Waals surface area contributed by atoms with Crippen molar-refractivity contribution in [2.45, 2.75) is 43.2 Å². The van der Waals surface area contributed by atoms with Crippen molar-refractivity contribution < 1.29 is 13.2 Å². The van der Waals surface area contributed by atoms with Crippen LogP contribution in [0.1, 0.15) is 42.4 Å². The number of alkyl halides is 3. The van der Waals surface area contributed by atoms with Gasteiger partial charge < -0.3 is 0 Å². The van der Waals surface area contributed by atoms with E-state index in [-0.39, 0.29) is 20.6 Å². The highest BCUT2D eigenvalue weighted by atomic mass is 35.5. The molecular formula is C20H18Cl3F3S. The predicted molar refractivity (Wildman–Crippen MR) is 112 cm³/mol. The molecule has 27 heavy (non-hydrogen) atoms. The zero-order valence-corrected chi connectivity index (χ0v) is 17.6. The van der Waals surface area contributed by atoms with Crippen LogP contribution < -0.4 is 0 Å². The third-order valence-corrected chi connectivity index (χ3v) is 5.74. The van der Waals surface area contributed by atoms with Crippen LogP contribution in [0, 0.1) is 0 Å². The van der Waals surface area contributed by atoms with Crippen molar-refractivity contribution in [3.8, 4) is 0 Å². The summed E-state index contributed by atoms with van der Waals surface area (Å²) in [6, 6.07) is 7.79. The molecule has 0 aliphatic carbocycles. The number of unbranched alkanes of at least 4 members (excludes halogenated alkanes) is 1. The van der Waals surface area contributed by atoms with Gasteiger partial charge in [0.25, 0.3) is 0 Å². The molecule has 0 aliphatic rings. The Hall–Kier alpha value is -0.810. The maximum absolute atomic E-state index is 13.6. The maximum Gasteiger partial charge on any atom is 0.399 e. The van der Waals surface area contributed by atoms with Crippen molar-refractivity contribution in [1.82, 2.24) is 0 Å². The molecule has 2 aromatic rings. The molecule has 0 radical (unpaired) electrons. The van der Waals surface area contributed by atoms with Gasteiger partial charge in [-0.15, -0.1) is 12.6 Å². The molecule has 0 spiro atoms. The molecule has 0 aromatic heterocycles. The number of thiol groups is 1. The standard InChI is InChI=1S/C20H18Cl3F3S/c1-2-3-4-13-9-12(6-8-18(13)27)5-7-15(20(24,25)26)14-10-16(21)19(23)17(22)11-14/h5-11,15,27H,2-4H2,1H3/b7-5+. The van der Waals surface area contributed by atoms with Crippen molar-refractivity contribution in [2.24, 2.45) is 0 Å². The van der Waals surface area contributed by atoms with Crippen LogP contribution in [0.25, 0.3) is 6.08 Å². The lowest BCUT2D eigenvalue weighted by Gasteiger charge is -2.18. The number of hydrogen-bond acceptors (Lipinski definition) is 1. The topological polar surface area (TPSA) is 0 Å². The van der Waals surface area contributed by atoms with Gasteiger partial charge >= 0.3 is 6.18 Å². The molecule has 146 valence electrons. The fourth-order valence-corrected chi connectivity index (χ4v) is 3.51. The Labute approximate surface area is 177 Å². The van der Waals surface area contributed by atoms with Gasteiger partial charge in [-0.2, -0.15) is 13.2 Å². The van der Waals surface area contributed by atoms with E-state index in [1.54, 1.807) is 12.1 Å². The van der Waals surface area contributed by atoms with Crippen LogP contribution >= 0.6 is 47.4 Å². The second-order valence-electron chi connectivity index (χ2n) is 6.17. The van der Waals surface area contributed by atoms with E-state index in [1.165, 1.54) is 18.2 Å². The molecule has 0 N–H and O–H groups in total. The van der Waals surface area contributed by atoms with Crippen LogP contribution in [0.2, 0.25) is 15.1 Å². The molecule has 7 heteroatoms. The molecule has 1 atom stereocenters. The summed E-state index contributed by atoms with van der Waals surface area (Å²) in [6.45, 7) is 2.08. The van der Waals surface area contributed by atoms with E-state index < -0.39 is 12.1 Å². The lowest BCUT2D eigenvalue weighted by molar-refractivity contribution is -0.139. The Balaban J connectivity index is 2.37. The lowest BCUT2D eigenvalue weighted by Crippen LogP contribution is -2.19. The summed E-state index contributed by atoms with van der Waals surface area (Å²) in [7, 11) is 0. The molecule has 0 aliphatic heterocycles. The third-order valence-electron chi connectivity index (χ3n) is 4.10. The number of aryl methyl sites for hydroxylation is 1. The van der Waals surface area contributed by atoms with Crippen LogP contribution in [0.15, 0.2) is 41.3 Å². The average molecular weight is 454 g/mol. The highest BCUT2D eigenvalue weighted by Gasteiger charge is 2.39. The summed E-state index contributed by atoms with van der Waals surface area (Å²) in [5.41, 5.74) is 1.64. The first kappa shape index (κ1) is 22.5. The van der Waals surface area contributed by atoms with Crippen molar-refractivity contribution >= 4 is 53.5 Å². The van der Waals surface area contributed by atoms with E-state index in [1.807, 2.05) is 6.07 Å². The van der Waals surface area contributed by atoms with Gasteiger partial charge in [0, 0.05) is 4.90 Å². The van der Waals surface area contributed by atoms with E-state index >= 15 is 0 Å². The Morgan fingerprint density at radius 3 is 2.26 bits per heavy atom. The van der Waals surface area contributed by atoms with Crippen molar-refractivity contribution in [1.29, 1.82) is 0 Å². The van der Waals surface area contributed by atoms with Gasteiger partial charge in [0.15, 0.2) is 0 Å². The van der Waals surface area contributed by atoms with Crippen LogP contribution in [0.4, 0.5) is 13.2 Å². The fourth-order valence-electron chi connectivity index (χ4n) is 2.65. The van der Waals surface area contributed by atoms with Gasteiger partial charge in [-0.05, 0) is 47.7 Å². The molecule has 1 unspecified atom stereocenters. The first-order valence-electron chi connectivity index (χ1n) is 8.34. The van der Waals surface area contributed by atoms with Gasteiger partial charge in [-0.3, -0.25) is 0 Å². The molecule has 2 aromatic carbocycles.